The highest BCUT2D eigenvalue weighted by atomic mass is 19.4. The van der Waals surface area contributed by atoms with Crippen molar-refractivity contribution < 1.29 is 22.8 Å². The Kier molecular flexibility index (Phi) is 4.67. The van der Waals surface area contributed by atoms with Gasteiger partial charge in [0.1, 0.15) is 0 Å². The number of benzene rings is 1. The van der Waals surface area contributed by atoms with Crippen LogP contribution in [0.25, 0.3) is 0 Å². The van der Waals surface area contributed by atoms with Crippen LogP contribution in [-0.4, -0.2) is 28.0 Å². The number of carbonyl (C=O) groups is 2. The first-order valence-electron chi connectivity index (χ1n) is 9.50. The van der Waals surface area contributed by atoms with Gasteiger partial charge >= 0.3 is 6.18 Å². The Bertz CT molecular complexity index is 1030. The molecule has 2 aliphatic rings. The Hall–Kier alpha value is -3.17. The number of rotatable bonds is 4. The summed E-state index contributed by atoms with van der Waals surface area (Å²) in [6.07, 6.45) is -3.30. The number of hydrogen-bond donors (Lipinski definition) is 2. The van der Waals surface area contributed by atoms with Crippen molar-refractivity contribution in [3.63, 3.8) is 0 Å². The number of nitrogens with two attached hydrogens (primary N) is 1. The van der Waals surface area contributed by atoms with Crippen LogP contribution >= 0.6 is 0 Å². The number of hydrogen-bond acceptors (Lipinski definition) is 5. The third kappa shape index (κ3) is 3.69. The molecule has 0 saturated heterocycles. The van der Waals surface area contributed by atoms with Gasteiger partial charge in [-0.25, -0.2) is 9.97 Å². The molecular formula is C20H20F3N5O2. The first-order chi connectivity index (χ1) is 14.1. The molecule has 0 bridgehead atoms. The van der Waals surface area contributed by atoms with E-state index in [9.17, 15) is 22.8 Å². The molecule has 158 valence electrons. The normalized spacial score (nSPS) is 17.1. The summed E-state index contributed by atoms with van der Waals surface area (Å²) in [5.41, 5.74) is 8.20. The summed E-state index contributed by atoms with van der Waals surface area (Å²) in [7, 11) is 0. The number of anilines is 3. The van der Waals surface area contributed by atoms with Gasteiger partial charge in [0.2, 0.25) is 17.8 Å². The third-order valence-corrected chi connectivity index (χ3v) is 5.49. The Balaban J connectivity index is 1.60. The van der Waals surface area contributed by atoms with E-state index in [4.69, 9.17) is 5.73 Å². The van der Waals surface area contributed by atoms with Gasteiger partial charge in [-0.2, -0.15) is 13.2 Å². The van der Waals surface area contributed by atoms with Crippen molar-refractivity contribution in [1.82, 2.24) is 9.97 Å². The largest absolute Gasteiger partial charge is 0.389 e. The summed E-state index contributed by atoms with van der Waals surface area (Å²) < 4.78 is 37.0. The van der Waals surface area contributed by atoms with Crippen LogP contribution in [0.15, 0.2) is 24.4 Å². The van der Waals surface area contributed by atoms with Crippen LogP contribution < -0.4 is 16.0 Å². The minimum Gasteiger partial charge on any atom is -0.368 e. The SMILES string of the molecule is Cc1ccc(NC(=O)CCC(F)(F)F)cc1N1Cc2cnc(N)nc2C2(CC2)C1=O. The van der Waals surface area contributed by atoms with Crippen LogP contribution in [0.3, 0.4) is 0 Å². The highest BCUT2D eigenvalue weighted by Crippen LogP contribution is 2.53. The monoisotopic (exact) mass is 419 g/mol. The first kappa shape index (κ1) is 20.1. The molecule has 30 heavy (non-hydrogen) atoms. The molecule has 1 fully saturated rings. The lowest BCUT2D eigenvalue weighted by atomic mass is 9.91. The van der Waals surface area contributed by atoms with E-state index in [0.717, 1.165) is 11.1 Å². The molecule has 1 aromatic heterocycles. The second-order valence-corrected chi connectivity index (χ2v) is 7.74. The Labute approximate surface area is 170 Å². The van der Waals surface area contributed by atoms with E-state index in [-0.39, 0.29) is 18.4 Å². The van der Waals surface area contributed by atoms with E-state index in [1.807, 2.05) is 6.92 Å². The molecule has 1 spiro atoms. The molecule has 2 amide bonds. The molecule has 1 saturated carbocycles. The highest BCUT2D eigenvalue weighted by molar-refractivity contribution is 6.05. The molecule has 3 N–H and O–H groups in total. The topological polar surface area (TPSA) is 101 Å². The zero-order valence-corrected chi connectivity index (χ0v) is 16.2. The number of nitrogens with zero attached hydrogens (tertiary/aromatic N) is 3. The Morgan fingerprint density at radius 3 is 2.73 bits per heavy atom. The van der Waals surface area contributed by atoms with Crippen molar-refractivity contribution in [3.05, 3.63) is 41.2 Å². The fourth-order valence-corrected chi connectivity index (χ4v) is 3.78. The van der Waals surface area contributed by atoms with Gasteiger partial charge in [0.25, 0.3) is 0 Å². The minimum atomic E-state index is -4.40. The van der Waals surface area contributed by atoms with Crippen molar-refractivity contribution >= 4 is 29.1 Å². The lowest BCUT2D eigenvalue weighted by molar-refractivity contribution is -0.142. The van der Waals surface area contributed by atoms with Gasteiger partial charge in [-0.1, -0.05) is 6.07 Å². The molecule has 4 rings (SSSR count). The molecule has 7 nitrogen and oxygen atoms in total. The van der Waals surface area contributed by atoms with Crippen LogP contribution in [0.5, 0.6) is 0 Å². The third-order valence-electron chi connectivity index (χ3n) is 5.49. The second kappa shape index (κ2) is 6.96. The van der Waals surface area contributed by atoms with E-state index in [1.54, 1.807) is 29.3 Å². The van der Waals surface area contributed by atoms with Gasteiger partial charge in [-0.3, -0.25) is 9.59 Å². The number of alkyl halides is 3. The molecule has 0 radical (unpaired) electrons. The molecule has 2 aromatic rings. The second-order valence-electron chi connectivity index (χ2n) is 7.74. The van der Waals surface area contributed by atoms with Gasteiger partial charge in [-0.05, 0) is 37.5 Å². The Morgan fingerprint density at radius 2 is 2.07 bits per heavy atom. The van der Waals surface area contributed by atoms with E-state index in [0.29, 0.717) is 29.9 Å². The van der Waals surface area contributed by atoms with E-state index in [2.05, 4.69) is 15.3 Å². The molecule has 10 heteroatoms. The lowest BCUT2D eigenvalue weighted by Crippen LogP contribution is -2.45. The van der Waals surface area contributed by atoms with Crippen molar-refractivity contribution in [2.45, 2.75) is 50.7 Å². The van der Waals surface area contributed by atoms with E-state index < -0.39 is 30.3 Å². The van der Waals surface area contributed by atoms with Crippen molar-refractivity contribution in [2.24, 2.45) is 0 Å². The molecule has 2 heterocycles. The van der Waals surface area contributed by atoms with Crippen LogP contribution in [-0.2, 0) is 21.5 Å². The van der Waals surface area contributed by atoms with Crippen molar-refractivity contribution in [2.75, 3.05) is 16.0 Å². The zero-order chi connectivity index (χ0) is 21.7. The van der Waals surface area contributed by atoms with E-state index in [1.165, 1.54) is 0 Å². The minimum absolute atomic E-state index is 0.100. The molecule has 1 aliphatic heterocycles. The first-order valence-corrected chi connectivity index (χ1v) is 9.50. The van der Waals surface area contributed by atoms with Gasteiger partial charge in [0.15, 0.2) is 0 Å². The number of aromatic nitrogens is 2. The zero-order valence-electron chi connectivity index (χ0n) is 16.2. The van der Waals surface area contributed by atoms with Crippen LogP contribution in [0.4, 0.5) is 30.5 Å². The number of amides is 2. The quantitative estimate of drug-likeness (QED) is 0.792. The number of aryl methyl sites for hydroxylation is 1. The van der Waals surface area contributed by atoms with Crippen molar-refractivity contribution in [1.29, 1.82) is 0 Å². The van der Waals surface area contributed by atoms with Crippen LogP contribution in [0.1, 0.15) is 42.5 Å². The maximum atomic E-state index is 13.3. The summed E-state index contributed by atoms with van der Waals surface area (Å²) in [6.45, 7) is 2.08. The fourth-order valence-electron chi connectivity index (χ4n) is 3.78. The number of nitrogen functional groups attached to an aromatic ring is 1. The molecule has 0 atom stereocenters. The Morgan fingerprint density at radius 1 is 1.33 bits per heavy atom. The number of halogens is 3. The average Bonchev–Trinajstić information content (AvgIpc) is 3.47. The lowest BCUT2D eigenvalue weighted by Gasteiger charge is -2.34. The maximum Gasteiger partial charge on any atom is 0.389 e. The summed E-state index contributed by atoms with van der Waals surface area (Å²) in [4.78, 5) is 35.1. The summed E-state index contributed by atoms with van der Waals surface area (Å²) in [5.74, 6) is -0.710. The maximum absolute atomic E-state index is 13.3. The van der Waals surface area contributed by atoms with Crippen molar-refractivity contribution in [3.8, 4) is 0 Å². The summed E-state index contributed by atoms with van der Waals surface area (Å²) in [6, 6.07) is 4.93. The van der Waals surface area contributed by atoms with Gasteiger partial charge in [0.05, 0.1) is 24.1 Å². The van der Waals surface area contributed by atoms with Crippen LogP contribution in [0.2, 0.25) is 0 Å². The predicted octanol–water partition coefficient (Wildman–Crippen LogP) is 3.23. The fraction of sp³-hybridized carbons (Fsp3) is 0.400. The highest BCUT2D eigenvalue weighted by Gasteiger charge is 2.58. The van der Waals surface area contributed by atoms with Gasteiger partial charge in [-0.15, -0.1) is 0 Å². The van der Waals surface area contributed by atoms with Gasteiger partial charge in [0, 0.05) is 29.6 Å². The molecule has 1 aliphatic carbocycles. The van der Waals surface area contributed by atoms with E-state index >= 15 is 0 Å². The summed E-state index contributed by atoms with van der Waals surface area (Å²) in [5, 5.41) is 2.48. The van der Waals surface area contributed by atoms with Crippen LogP contribution in [0, 0.1) is 6.92 Å². The smallest absolute Gasteiger partial charge is 0.368 e. The predicted molar refractivity (Wildman–Crippen MR) is 104 cm³/mol. The number of fused-ring (bicyclic) bond motifs is 2. The molecule has 0 unspecified atom stereocenters. The summed E-state index contributed by atoms with van der Waals surface area (Å²) >= 11 is 0. The standard InChI is InChI=1S/C20H20F3N5O2/c1-11-2-3-13(26-15(29)4-5-20(21,22)23)8-14(11)28-10-12-9-25-18(24)27-16(12)19(6-7-19)17(28)30/h2-3,8-9H,4-7,10H2,1H3,(H,26,29)(H2,24,25,27). The number of carbonyl (C=O) groups excluding carboxylic acids is 2. The molecular weight excluding hydrogens is 399 g/mol. The van der Waals surface area contributed by atoms with Gasteiger partial charge < -0.3 is 16.0 Å². The average molecular weight is 419 g/mol. The molecule has 1 aromatic carbocycles. The number of nitrogens with one attached hydrogen (secondary N) is 1.